The number of aromatic nitrogens is 4. The normalized spacial score (nSPS) is 16.7. The fourth-order valence-electron chi connectivity index (χ4n) is 4.24. The van der Waals surface area contributed by atoms with Gasteiger partial charge in [-0.2, -0.15) is 0 Å². The Morgan fingerprint density at radius 1 is 1.36 bits per heavy atom. The molecule has 3 aromatic heterocycles. The third-order valence-corrected chi connectivity index (χ3v) is 6.45. The number of pyridine rings is 2. The van der Waals surface area contributed by atoms with E-state index >= 15 is 0 Å². The molecule has 1 aliphatic heterocycles. The number of aliphatic hydroxyl groups excluding tert-OH is 1. The summed E-state index contributed by atoms with van der Waals surface area (Å²) >= 11 is 5.32. The van der Waals surface area contributed by atoms with Gasteiger partial charge < -0.3 is 15.7 Å². The Hall–Kier alpha value is -3.44. The summed E-state index contributed by atoms with van der Waals surface area (Å²) in [7, 11) is 1.63. The van der Waals surface area contributed by atoms with Crippen molar-refractivity contribution in [2.45, 2.75) is 31.9 Å². The molecule has 3 aromatic rings. The van der Waals surface area contributed by atoms with Crippen molar-refractivity contribution >= 4 is 50.9 Å². The first-order valence-electron chi connectivity index (χ1n) is 10.6. The topological polar surface area (TPSA) is 142 Å². The Labute approximate surface area is 194 Å². The van der Waals surface area contributed by atoms with Crippen LogP contribution in [0.15, 0.2) is 39.1 Å². The second-order valence-electron chi connectivity index (χ2n) is 7.96. The zero-order valence-electron chi connectivity index (χ0n) is 18.4. The molecule has 10 nitrogen and oxygen atoms in total. The van der Waals surface area contributed by atoms with Gasteiger partial charge in [0.05, 0.1) is 22.1 Å². The van der Waals surface area contributed by atoms with E-state index in [1.165, 1.54) is 12.4 Å². The zero-order chi connectivity index (χ0) is 23.7. The third kappa shape index (κ3) is 4.16. The SMILES string of the molecule is CN=CC(=CN)c1ccc2ncc3c(=O)[nH]c(=O)n(C4CCN(C(=S)[C@@H](C)O)CC4)c3c2n1. The zero-order valence-corrected chi connectivity index (χ0v) is 19.2. The number of aromatic amines is 1. The van der Waals surface area contributed by atoms with Gasteiger partial charge in [-0.3, -0.25) is 24.3 Å². The summed E-state index contributed by atoms with van der Waals surface area (Å²) in [5.41, 5.74) is 7.35. The summed E-state index contributed by atoms with van der Waals surface area (Å²) in [5, 5.41) is 10.1. The highest BCUT2D eigenvalue weighted by molar-refractivity contribution is 7.80. The van der Waals surface area contributed by atoms with Gasteiger partial charge in [0.2, 0.25) is 0 Å². The number of nitrogens with one attached hydrogen (secondary N) is 1. The van der Waals surface area contributed by atoms with Gasteiger partial charge in [0.15, 0.2) is 0 Å². The monoisotopic (exact) mass is 467 g/mol. The minimum absolute atomic E-state index is 0.178. The van der Waals surface area contributed by atoms with E-state index in [0.29, 0.717) is 58.7 Å². The minimum Gasteiger partial charge on any atom is -0.404 e. The molecule has 0 unspecified atom stereocenters. The third-order valence-electron chi connectivity index (χ3n) is 5.85. The Bertz CT molecular complexity index is 1400. The lowest BCUT2D eigenvalue weighted by atomic mass is 10.0. The van der Waals surface area contributed by atoms with E-state index in [0.717, 1.165) is 0 Å². The maximum absolute atomic E-state index is 13.0. The molecule has 1 fully saturated rings. The molecule has 0 aromatic carbocycles. The fourth-order valence-corrected chi connectivity index (χ4v) is 4.42. The summed E-state index contributed by atoms with van der Waals surface area (Å²) in [6.45, 7) is 2.83. The largest absolute Gasteiger partial charge is 0.404 e. The number of rotatable bonds is 4. The van der Waals surface area contributed by atoms with Crippen LogP contribution in [0.1, 0.15) is 31.5 Å². The minimum atomic E-state index is -0.706. The lowest BCUT2D eigenvalue weighted by molar-refractivity contribution is 0.215. The van der Waals surface area contributed by atoms with Gasteiger partial charge in [0.1, 0.15) is 16.6 Å². The van der Waals surface area contributed by atoms with Crippen LogP contribution in [0, 0.1) is 0 Å². The van der Waals surface area contributed by atoms with Gasteiger partial charge in [-0.1, -0.05) is 12.2 Å². The maximum atomic E-state index is 13.0. The van der Waals surface area contributed by atoms with E-state index < -0.39 is 17.4 Å². The molecule has 0 saturated carbocycles. The summed E-state index contributed by atoms with van der Waals surface area (Å²) in [4.78, 5) is 43.6. The molecule has 1 atom stereocenters. The molecule has 0 aliphatic carbocycles. The Morgan fingerprint density at radius 3 is 2.73 bits per heavy atom. The van der Waals surface area contributed by atoms with Crippen LogP contribution in [0.2, 0.25) is 0 Å². The van der Waals surface area contributed by atoms with Gasteiger partial charge in [-0.15, -0.1) is 0 Å². The number of nitrogens with zero attached hydrogens (tertiary/aromatic N) is 5. The molecular formula is C22H25N7O3S. The van der Waals surface area contributed by atoms with Crippen molar-refractivity contribution in [3.63, 3.8) is 0 Å². The average molecular weight is 468 g/mol. The second-order valence-corrected chi connectivity index (χ2v) is 8.37. The van der Waals surface area contributed by atoms with Crippen molar-refractivity contribution < 1.29 is 5.11 Å². The molecule has 4 N–H and O–H groups in total. The Morgan fingerprint density at radius 2 is 2.09 bits per heavy atom. The molecule has 1 aliphatic rings. The summed E-state index contributed by atoms with van der Waals surface area (Å²) in [6.07, 6.45) is 5.00. The van der Waals surface area contributed by atoms with Crippen LogP contribution in [0.5, 0.6) is 0 Å². The van der Waals surface area contributed by atoms with Crippen LogP contribution in [0.4, 0.5) is 0 Å². The van der Waals surface area contributed by atoms with Crippen LogP contribution in [-0.2, 0) is 0 Å². The first-order valence-corrected chi connectivity index (χ1v) is 11.0. The molecule has 1 saturated heterocycles. The van der Waals surface area contributed by atoms with Crippen molar-refractivity contribution in [1.29, 1.82) is 0 Å². The van der Waals surface area contributed by atoms with Crippen molar-refractivity contribution in [1.82, 2.24) is 24.4 Å². The molecule has 0 radical (unpaired) electrons. The van der Waals surface area contributed by atoms with E-state index in [4.69, 9.17) is 22.9 Å². The number of aliphatic hydroxyl groups is 1. The molecule has 4 rings (SSSR count). The number of allylic oxidation sites excluding steroid dienone is 1. The summed E-state index contributed by atoms with van der Waals surface area (Å²) in [5.74, 6) is 0. The molecule has 33 heavy (non-hydrogen) atoms. The van der Waals surface area contributed by atoms with Crippen molar-refractivity contribution in [2.75, 3.05) is 20.1 Å². The van der Waals surface area contributed by atoms with Crippen LogP contribution >= 0.6 is 12.2 Å². The van der Waals surface area contributed by atoms with Gasteiger partial charge in [-0.05, 0) is 31.9 Å². The van der Waals surface area contributed by atoms with Gasteiger partial charge in [0, 0.05) is 50.4 Å². The predicted octanol–water partition coefficient (Wildman–Crippen LogP) is 0.978. The quantitative estimate of drug-likeness (QED) is 0.293. The van der Waals surface area contributed by atoms with E-state index in [2.05, 4.69) is 15.0 Å². The molecule has 4 heterocycles. The first-order chi connectivity index (χ1) is 15.8. The van der Waals surface area contributed by atoms with Crippen LogP contribution in [0.3, 0.4) is 0 Å². The molecule has 0 bridgehead atoms. The van der Waals surface area contributed by atoms with Crippen LogP contribution in [0.25, 0.3) is 27.5 Å². The van der Waals surface area contributed by atoms with Crippen molar-refractivity contribution in [2.24, 2.45) is 10.7 Å². The highest BCUT2D eigenvalue weighted by Crippen LogP contribution is 2.28. The molecule has 172 valence electrons. The molecule has 0 amide bonds. The molecule has 0 spiro atoms. The van der Waals surface area contributed by atoms with Crippen molar-refractivity contribution in [3.05, 3.63) is 51.1 Å². The van der Waals surface area contributed by atoms with Gasteiger partial charge in [0.25, 0.3) is 5.56 Å². The predicted molar refractivity (Wildman–Crippen MR) is 133 cm³/mol. The Kier molecular flexibility index (Phi) is 6.34. The van der Waals surface area contributed by atoms with Crippen molar-refractivity contribution in [3.8, 4) is 0 Å². The number of likely N-dealkylation sites (tertiary alicyclic amines) is 1. The van der Waals surface area contributed by atoms with Gasteiger partial charge in [-0.25, -0.2) is 9.78 Å². The van der Waals surface area contributed by atoms with Crippen LogP contribution < -0.4 is 17.0 Å². The lowest BCUT2D eigenvalue weighted by Crippen LogP contribution is -2.44. The summed E-state index contributed by atoms with van der Waals surface area (Å²) in [6, 6.07) is 3.37. The standard InChI is InChI=1S/C22H25N7O3S/c1-12(30)21(33)28-7-5-14(6-8-28)29-19-15(20(31)27-22(29)32)11-25-17-4-3-16(26-18(17)19)13(9-23)10-24-2/h3-4,9-12,14,30H,5-8,23H2,1-2H3,(H,27,31,32)/t12-/m1/s1. The van der Waals surface area contributed by atoms with E-state index in [-0.39, 0.29) is 11.4 Å². The molecule has 11 heteroatoms. The number of fused-ring (bicyclic) bond motifs is 3. The molecular weight excluding hydrogens is 442 g/mol. The summed E-state index contributed by atoms with van der Waals surface area (Å²) < 4.78 is 1.61. The highest BCUT2D eigenvalue weighted by atomic mass is 32.1. The number of hydrogen-bond acceptors (Lipinski definition) is 8. The Balaban J connectivity index is 1.89. The van der Waals surface area contributed by atoms with E-state index in [1.54, 1.807) is 36.9 Å². The number of thiocarbonyl (C=S) groups is 1. The van der Waals surface area contributed by atoms with E-state index in [9.17, 15) is 14.7 Å². The van der Waals surface area contributed by atoms with E-state index in [1.807, 2.05) is 4.90 Å². The number of aliphatic imine (C=N–C) groups is 1. The number of hydrogen-bond donors (Lipinski definition) is 3. The number of piperidine rings is 1. The smallest absolute Gasteiger partial charge is 0.329 e. The van der Waals surface area contributed by atoms with Gasteiger partial charge >= 0.3 is 5.69 Å². The number of nitrogens with two attached hydrogens (primary N) is 1. The lowest BCUT2D eigenvalue weighted by Gasteiger charge is -2.35. The maximum Gasteiger partial charge on any atom is 0.329 e. The second kappa shape index (κ2) is 9.20. The highest BCUT2D eigenvalue weighted by Gasteiger charge is 2.27. The fraction of sp³-hybridized carbons (Fsp3) is 0.364. The first kappa shape index (κ1) is 22.7. The number of H-pyrrole nitrogens is 1. The average Bonchev–Trinajstić information content (AvgIpc) is 2.82. The van der Waals surface area contributed by atoms with Crippen LogP contribution in [-0.4, -0.2) is 67.0 Å².